The van der Waals surface area contributed by atoms with Crippen LogP contribution in [0.3, 0.4) is 0 Å². The topological polar surface area (TPSA) is 59.6 Å². The highest BCUT2D eigenvalue weighted by atomic mass is 19.1. The molecule has 2 aliphatic rings. The van der Waals surface area contributed by atoms with Crippen LogP contribution >= 0.6 is 0 Å². The predicted octanol–water partition coefficient (Wildman–Crippen LogP) is 3.28. The summed E-state index contributed by atoms with van der Waals surface area (Å²) < 4.78 is 25.9. The molecule has 142 valence electrons. The van der Waals surface area contributed by atoms with Crippen LogP contribution in [0.4, 0.5) is 10.1 Å². The first-order chi connectivity index (χ1) is 13.2. The van der Waals surface area contributed by atoms with Gasteiger partial charge in [-0.2, -0.15) is 0 Å². The molecule has 0 saturated carbocycles. The molecule has 2 aromatic rings. The molecule has 6 heteroatoms. The van der Waals surface area contributed by atoms with E-state index in [4.69, 9.17) is 9.47 Å². The first kappa shape index (κ1) is 17.9. The third-order valence-corrected chi connectivity index (χ3v) is 5.04. The molecular formula is C21H23FN2O3. The molecule has 2 aliphatic heterocycles. The van der Waals surface area contributed by atoms with Crippen molar-refractivity contribution < 1.29 is 18.7 Å². The SMILES string of the molecule is O=C(Nc1ccc2c(c1F)CCNC2)c1ccc(OC2CCOCC2)cc1. The molecule has 0 radical (unpaired) electrons. The maximum Gasteiger partial charge on any atom is 0.255 e. The fourth-order valence-corrected chi connectivity index (χ4v) is 3.50. The lowest BCUT2D eigenvalue weighted by Crippen LogP contribution is -2.26. The van der Waals surface area contributed by atoms with Crippen molar-refractivity contribution in [2.45, 2.75) is 31.9 Å². The monoisotopic (exact) mass is 370 g/mol. The second-order valence-electron chi connectivity index (χ2n) is 6.90. The van der Waals surface area contributed by atoms with Crippen LogP contribution in [0.5, 0.6) is 5.75 Å². The molecule has 2 N–H and O–H groups in total. The number of amides is 1. The van der Waals surface area contributed by atoms with E-state index in [2.05, 4.69) is 10.6 Å². The Balaban J connectivity index is 1.42. The van der Waals surface area contributed by atoms with Crippen LogP contribution in [0.25, 0.3) is 0 Å². The lowest BCUT2D eigenvalue weighted by atomic mass is 9.99. The first-order valence-electron chi connectivity index (χ1n) is 9.37. The van der Waals surface area contributed by atoms with Crippen LogP contribution in [-0.4, -0.2) is 31.8 Å². The van der Waals surface area contributed by atoms with Crippen molar-refractivity contribution in [1.82, 2.24) is 5.32 Å². The summed E-state index contributed by atoms with van der Waals surface area (Å²) in [6, 6.07) is 10.4. The van der Waals surface area contributed by atoms with Crippen molar-refractivity contribution in [2.24, 2.45) is 0 Å². The molecule has 4 rings (SSSR count). The number of fused-ring (bicyclic) bond motifs is 1. The summed E-state index contributed by atoms with van der Waals surface area (Å²) in [7, 11) is 0. The van der Waals surface area contributed by atoms with E-state index >= 15 is 0 Å². The number of anilines is 1. The van der Waals surface area contributed by atoms with Gasteiger partial charge in [0.1, 0.15) is 17.7 Å². The zero-order valence-electron chi connectivity index (χ0n) is 15.1. The Bertz CT molecular complexity index is 817. The molecule has 1 fully saturated rings. The Hall–Kier alpha value is -2.44. The average Bonchev–Trinajstić information content (AvgIpc) is 2.71. The van der Waals surface area contributed by atoms with Gasteiger partial charge in [0.2, 0.25) is 0 Å². The molecule has 0 bridgehead atoms. The summed E-state index contributed by atoms with van der Waals surface area (Å²) >= 11 is 0. The minimum Gasteiger partial charge on any atom is -0.490 e. The minimum atomic E-state index is -0.333. The van der Waals surface area contributed by atoms with E-state index in [1.807, 2.05) is 6.07 Å². The summed E-state index contributed by atoms with van der Waals surface area (Å²) in [6.07, 6.45) is 2.52. The van der Waals surface area contributed by atoms with Crippen molar-refractivity contribution in [3.05, 3.63) is 58.9 Å². The Morgan fingerprint density at radius 1 is 1.15 bits per heavy atom. The number of ether oxygens (including phenoxy) is 2. The van der Waals surface area contributed by atoms with E-state index in [1.165, 1.54) is 0 Å². The van der Waals surface area contributed by atoms with E-state index in [9.17, 15) is 9.18 Å². The molecule has 2 aromatic carbocycles. The molecule has 0 unspecified atom stereocenters. The molecule has 0 aliphatic carbocycles. The second kappa shape index (κ2) is 8.06. The number of benzene rings is 2. The van der Waals surface area contributed by atoms with Crippen LogP contribution in [0.15, 0.2) is 36.4 Å². The molecule has 0 spiro atoms. The standard InChI is InChI=1S/C21H23FN2O3/c22-20-18-7-10-23-13-15(18)3-6-19(20)24-21(25)14-1-4-16(5-2-14)27-17-8-11-26-12-9-17/h1-6,17,23H,7-13H2,(H,24,25). The van der Waals surface area contributed by atoms with Crippen LogP contribution < -0.4 is 15.4 Å². The van der Waals surface area contributed by atoms with Crippen LogP contribution in [-0.2, 0) is 17.7 Å². The normalized spacial score (nSPS) is 17.2. The number of hydrogen-bond donors (Lipinski definition) is 2. The summed E-state index contributed by atoms with van der Waals surface area (Å²) in [5.74, 6) is 0.0631. The summed E-state index contributed by atoms with van der Waals surface area (Å²) in [5.41, 5.74) is 2.33. The van der Waals surface area contributed by atoms with Gasteiger partial charge in [-0.3, -0.25) is 4.79 Å². The van der Waals surface area contributed by atoms with Crippen molar-refractivity contribution in [3.8, 4) is 5.75 Å². The maximum absolute atomic E-state index is 14.7. The number of carbonyl (C=O) groups is 1. The Morgan fingerprint density at radius 3 is 2.70 bits per heavy atom. The Kier molecular flexibility index (Phi) is 5.36. The van der Waals surface area contributed by atoms with Gasteiger partial charge in [0, 0.05) is 24.9 Å². The Morgan fingerprint density at radius 2 is 1.93 bits per heavy atom. The van der Waals surface area contributed by atoms with Gasteiger partial charge in [0.15, 0.2) is 0 Å². The molecule has 27 heavy (non-hydrogen) atoms. The molecule has 2 heterocycles. The molecular weight excluding hydrogens is 347 g/mol. The first-order valence-corrected chi connectivity index (χ1v) is 9.37. The quantitative estimate of drug-likeness (QED) is 0.867. The van der Waals surface area contributed by atoms with Crippen molar-refractivity contribution in [2.75, 3.05) is 25.1 Å². The van der Waals surface area contributed by atoms with E-state index in [0.717, 1.165) is 30.7 Å². The van der Waals surface area contributed by atoms with Gasteiger partial charge in [-0.05, 0) is 54.4 Å². The molecule has 0 atom stereocenters. The summed E-state index contributed by atoms with van der Waals surface area (Å²) in [5, 5.41) is 5.90. The smallest absolute Gasteiger partial charge is 0.255 e. The third-order valence-electron chi connectivity index (χ3n) is 5.04. The van der Waals surface area contributed by atoms with Gasteiger partial charge in [-0.15, -0.1) is 0 Å². The number of halogens is 1. The van der Waals surface area contributed by atoms with Gasteiger partial charge in [0.05, 0.1) is 18.9 Å². The highest BCUT2D eigenvalue weighted by Crippen LogP contribution is 2.25. The molecule has 1 saturated heterocycles. The largest absolute Gasteiger partial charge is 0.490 e. The highest BCUT2D eigenvalue weighted by Gasteiger charge is 2.18. The van der Waals surface area contributed by atoms with Crippen molar-refractivity contribution in [1.29, 1.82) is 0 Å². The zero-order chi connectivity index (χ0) is 18.6. The summed E-state index contributed by atoms with van der Waals surface area (Å²) in [4.78, 5) is 12.5. The van der Waals surface area contributed by atoms with E-state index in [0.29, 0.717) is 37.3 Å². The van der Waals surface area contributed by atoms with Gasteiger partial charge in [-0.25, -0.2) is 4.39 Å². The zero-order valence-corrected chi connectivity index (χ0v) is 15.1. The average molecular weight is 370 g/mol. The fourth-order valence-electron chi connectivity index (χ4n) is 3.50. The fraction of sp³-hybridized carbons (Fsp3) is 0.381. The number of hydrogen-bond acceptors (Lipinski definition) is 4. The van der Waals surface area contributed by atoms with E-state index in [1.54, 1.807) is 30.3 Å². The van der Waals surface area contributed by atoms with E-state index < -0.39 is 0 Å². The van der Waals surface area contributed by atoms with Gasteiger partial charge < -0.3 is 20.1 Å². The minimum absolute atomic E-state index is 0.150. The lowest BCUT2D eigenvalue weighted by Gasteiger charge is -2.23. The van der Waals surface area contributed by atoms with Crippen molar-refractivity contribution >= 4 is 11.6 Å². The van der Waals surface area contributed by atoms with E-state index in [-0.39, 0.29) is 23.5 Å². The molecule has 0 aromatic heterocycles. The summed E-state index contributed by atoms with van der Waals surface area (Å²) in [6.45, 7) is 2.84. The van der Waals surface area contributed by atoms with Crippen molar-refractivity contribution in [3.63, 3.8) is 0 Å². The number of rotatable bonds is 4. The molecule has 1 amide bonds. The second-order valence-corrected chi connectivity index (χ2v) is 6.90. The van der Waals surface area contributed by atoms with Gasteiger partial charge in [-0.1, -0.05) is 6.07 Å². The Labute approximate surface area is 157 Å². The third kappa shape index (κ3) is 4.12. The van der Waals surface area contributed by atoms with Gasteiger partial charge in [0.25, 0.3) is 5.91 Å². The van der Waals surface area contributed by atoms with Gasteiger partial charge >= 0.3 is 0 Å². The molecule has 5 nitrogen and oxygen atoms in total. The maximum atomic E-state index is 14.7. The van der Waals surface area contributed by atoms with Crippen LogP contribution in [0.1, 0.15) is 34.3 Å². The lowest BCUT2D eigenvalue weighted by molar-refractivity contribution is 0.0256. The van der Waals surface area contributed by atoms with Crippen LogP contribution in [0, 0.1) is 5.82 Å². The highest BCUT2D eigenvalue weighted by molar-refractivity contribution is 6.04. The predicted molar refractivity (Wildman–Crippen MR) is 101 cm³/mol. The number of nitrogens with one attached hydrogen (secondary N) is 2. The number of carbonyl (C=O) groups excluding carboxylic acids is 1. The van der Waals surface area contributed by atoms with Crippen LogP contribution in [0.2, 0.25) is 0 Å².